The highest BCUT2D eigenvalue weighted by Gasteiger charge is 2.24. The second kappa shape index (κ2) is 8.78. The van der Waals surface area contributed by atoms with Gasteiger partial charge in [0.25, 0.3) is 0 Å². The van der Waals surface area contributed by atoms with Crippen molar-refractivity contribution in [1.82, 2.24) is 25.5 Å². The van der Waals surface area contributed by atoms with Crippen LogP contribution in [0.3, 0.4) is 0 Å². The molecule has 5 rings (SSSR count). The fourth-order valence-corrected chi connectivity index (χ4v) is 5.23. The maximum atomic E-state index is 11.4. The predicted octanol–water partition coefficient (Wildman–Crippen LogP) is 2.26. The molecule has 1 fully saturated rings. The van der Waals surface area contributed by atoms with Crippen molar-refractivity contribution in [2.24, 2.45) is 0 Å². The summed E-state index contributed by atoms with van der Waals surface area (Å²) in [5.41, 5.74) is 2.95. The number of fused-ring (bicyclic) bond motifs is 3. The largest absolute Gasteiger partial charge is 0.484 e. The van der Waals surface area contributed by atoms with E-state index in [1.807, 2.05) is 29.6 Å². The molecule has 3 N–H and O–H groups in total. The first-order chi connectivity index (χ1) is 15.1. The molecule has 1 atom stereocenters. The molecular formula is C22H26N6O2S. The minimum absolute atomic E-state index is 0.0259. The van der Waals surface area contributed by atoms with Crippen molar-refractivity contribution >= 4 is 23.2 Å². The predicted molar refractivity (Wildman–Crippen MR) is 121 cm³/mol. The Morgan fingerprint density at radius 2 is 2.26 bits per heavy atom. The summed E-state index contributed by atoms with van der Waals surface area (Å²) < 4.78 is 5.92. The number of rotatable bonds is 5. The standard InChI is InChI=1S/C22H26N6O2S/c1-14(29)25-15-3-2-4-16(9-15)26-22-24-11-19-21(27-22)18-10-17(31-20(18)13-30-19)12-28-7-5-23-6-8-28/h2-4,10-11,15,23H,5-9,12-13H2,1H3,(H,25,29)(H,24,26,27). The van der Waals surface area contributed by atoms with Crippen molar-refractivity contribution in [1.29, 1.82) is 0 Å². The normalized spacial score (nSPS) is 20.3. The Kier molecular flexibility index (Phi) is 5.71. The molecule has 0 bridgehead atoms. The van der Waals surface area contributed by atoms with E-state index in [1.54, 1.807) is 6.20 Å². The van der Waals surface area contributed by atoms with Crippen LogP contribution in [-0.2, 0) is 17.9 Å². The number of allylic oxidation sites excluding steroid dienone is 2. The zero-order valence-corrected chi connectivity index (χ0v) is 18.3. The Hall–Kier alpha value is -2.75. The van der Waals surface area contributed by atoms with Crippen LogP contribution >= 0.6 is 11.3 Å². The van der Waals surface area contributed by atoms with Gasteiger partial charge in [-0.15, -0.1) is 11.3 Å². The first-order valence-corrected chi connectivity index (χ1v) is 11.4. The zero-order chi connectivity index (χ0) is 21.2. The maximum Gasteiger partial charge on any atom is 0.227 e. The lowest BCUT2D eigenvalue weighted by molar-refractivity contribution is -0.119. The number of amides is 1. The van der Waals surface area contributed by atoms with Crippen molar-refractivity contribution in [2.75, 3.05) is 31.5 Å². The quantitative estimate of drug-likeness (QED) is 0.660. The molecule has 31 heavy (non-hydrogen) atoms. The van der Waals surface area contributed by atoms with E-state index in [0.29, 0.717) is 19.0 Å². The summed E-state index contributed by atoms with van der Waals surface area (Å²) in [6.07, 6.45) is 8.32. The maximum absolute atomic E-state index is 11.4. The number of anilines is 1. The van der Waals surface area contributed by atoms with Gasteiger partial charge in [0.05, 0.1) is 17.1 Å². The Morgan fingerprint density at radius 3 is 3.10 bits per heavy atom. The molecule has 4 heterocycles. The van der Waals surface area contributed by atoms with E-state index in [4.69, 9.17) is 9.72 Å². The van der Waals surface area contributed by atoms with Gasteiger partial charge in [-0.2, -0.15) is 0 Å². The SMILES string of the molecule is CC(=O)NC1C=CC=C(Nc2ncc3c(n2)-c2cc(CN4CCNCC4)sc2CO3)C1. The number of carbonyl (C=O) groups is 1. The van der Waals surface area contributed by atoms with Gasteiger partial charge in [0.1, 0.15) is 12.3 Å². The number of ether oxygens (including phenoxy) is 1. The van der Waals surface area contributed by atoms with Crippen LogP contribution in [0, 0.1) is 0 Å². The Morgan fingerprint density at radius 1 is 1.39 bits per heavy atom. The molecule has 2 aliphatic heterocycles. The molecule has 162 valence electrons. The van der Waals surface area contributed by atoms with E-state index in [0.717, 1.165) is 55.4 Å². The minimum atomic E-state index is -0.0420. The molecule has 1 amide bonds. The Bertz CT molecular complexity index is 1040. The summed E-state index contributed by atoms with van der Waals surface area (Å²) >= 11 is 1.81. The zero-order valence-electron chi connectivity index (χ0n) is 17.5. The number of hydrogen-bond acceptors (Lipinski definition) is 8. The molecule has 0 spiro atoms. The van der Waals surface area contributed by atoms with Gasteiger partial charge in [-0.05, 0) is 12.1 Å². The van der Waals surface area contributed by atoms with Crippen molar-refractivity contribution in [3.63, 3.8) is 0 Å². The lowest BCUT2D eigenvalue weighted by atomic mass is 10.1. The van der Waals surface area contributed by atoms with Crippen LogP contribution < -0.4 is 20.7 Å². The number of carbonyl (C=O) groups excluding carboxylic acids is 1. The molecule has 1 unspecified atom stereocenters. The molecule has 2 aromatic rings. The molecule has 0 radical (unpaired) electrons. The summed E-state index contributed by atoms with van der Waals surface area (Å²) in [4.78, 5) is 25.6. The van der Waals surface area contributed by atoms with E-state index in [-0.39, 0.29) is 11.9 Å². The van der Waals surface area contributed by atoms with Gasteiger partial charge < -0.3 is 20.7 Å². The van der Waals surface area contributed by atoms with Crippen LogP contribution in [0.2, 0.25) is 0 Å². The first-order valence-electron chi connectivity index (χ1n) is 10.6. The summed E-state index contributed by atoms with van der Waals surface area (Å²) in [6.45, 7) is 7.32. The van der Waals surface area contributed by atoms with Gasteiger partial charge in [-0.3, -0.25) is 9.69 Å². The van der Waals surface area contributed by atoms with E-state index in [2.05, 4.69) is 31.9 Å². The number of aromatic nitrogens is 2. The first kappa shape index (κ1) is 20.2. The van der Waals surface area contributed by atoms with Crippen LogP contribution in [0.4, 0.5) is 5.95 Å². The number of nitrogens with one attached hydrogen (secondary N) is 3. The molecule has 2 aromatic heterocycles. The third-order valence-corrected chi connectivity index (χ3v) is 6.65. The highest BCUT2D eigenvalue weighted by atomic mass is 32.1. The Balaban J connectivity index is 1.33. The van der Waals surface area contributed by atoms with Gasteiger partial charge in [0.2, 0.25) is 11.9 Å². The highest BCUT2D eigenvalue weighted by Crippen LogP contribution is 2.41. The molecule has 0 saturated carbocycles. The van der Waals surface area contributed by atoms with Crippen molar-refractivity contribution in [3.05, 3.63) is 45.9 Å². The van der Waals surface area contributed by atoms with Crippen LogP contribution in [0.15, 0.2) is 36.2 Å². The topological polar surface area (TPSA) is 91.4 Å². The van der Waals surface area contributed by atoms with Crippen molar-refractivity contribution < 1.29 is 9.53 Å². The fourth-order valence-electron chi connectivity index (χ4n) is 4.11. The van der Waals surface area contributed by atoms with E-state index in [1.165, 1.54) is 16.7 Å². The smallest absolute Gasteiger partial charge is 0.227 e. The molecule has 1 saturated heterocycles. The average molecular weight is 439 g/mol. The van der Waals surface area contributed by atoms with Crippen LogP contribution in [-0.4, -0.2) is 53.0 Å². The number of piperazine rings is 1. The second-order valence-corrected chi connectivity index (χ2v) is 9.21. The van der Waals surface area contributed by atoms with Crippen LogP contribution in [0.25, 0.3) is 11.3 Å². The third-order valence-electron chi connectivity index (χ3n) is 5.56. The van der Waals surface area contributed by atoms with Gasteiger partial charge in [-0.1, -0.05) is 12.2 Å². The summed E-state index contributed by atoms with van der Waals surface area (Å²) in [6, 6.07) is 2.23. The summed E-state index contributed by atoms with van der Waals surface area (Å²) in [5.74, 6) is 1.21. The van der Waals surface area contributed by atoms with Gasteiger partial charge in [0.15, 0.2) is 5.75 Å². The van der Waals surface area contributed by atoms with E-state index < -0.39 is 0 Å². The van der Waals surface area contributed by atoms with Crippen LogP contribution in [0.1, 0.15) is 23.1 Å². The van der Waals surface area contributed by atoms with Gasteiger partial charge in [-0.25, -0.2) is 9.97 Å². The number of nitrogens with zero attached hydrogens (tertiary/aromatic N) is 3. The van der Waals surface area contributed by atoms with Gasteiger partial charge >= 0.3 is 0 Å². The lowest BCUT2D eigenvalue weighted by Gasteiger charge is -2.26. The second-order valence-electron chi connectivity index (χ2n) is 7.98. The molecule has 9 heteroatoms. The molecule has 0 aromatic carbocycles. The number of hydrogen-bond donors (Lipinski definition) is 3. The van der Waals surface area contributed by atoms with Crippen LogP contribution in [0.5, 0.6) is 5.75 Å². The monoisotopic (exact) mass is 438 g/mol. The molecular weight excluding hydrogens is 412 g/mol. The lowest BCUT2D eigenvalue weighted by Crippen LogP contribution is -2.42. The highest BCUT2D eigenvalue weighted by molar-refractivity contribution is 7.12. The average Bonchev–Trinajstić information content (AvgIpc) is 3.17. The summed E-state index contributed by atoms with van der Waals surface area (Å²) in [7, 11) is 0. The molecule has 8 nitrogen and oxygen atoms in total. The fraction of sp³-hybridized carbons (Fsp3) is 0.409. The summed E-state index contributed by atoms with van der Waals surface area (Å²) in [5, 5.41) is 9.63. The van der Waals surface area contributed by atoms with Gasteiger partial charge in [0, 0.05) is 62.2 Å². The molecule has 1 aliphatic carbocycles. The molecule has 3 aliphatic rings. The van der Waals surface area contributed by atoms with Crippen molar-refractivity contribution in [2.45, 2.75) is 32.5 Å². The van der Waals surface area contributed by atoms with E-state index in [9.17, 15) is 4.79 Å². The number of thiophene rings is 1. The minimum Gasteiger partial charge on any atom is -0.484 e. The third kappa shape index (κ3) is 4.63. The Labute approximate surface area is 185 Å². The van der Waals surface area contributed by atoms with Crippen molar-refractivity contribution in [3.8, 4) is 17.0 Å². The van der Waals surface area contributed by atoms with E-state index >= 15 is 0 Å².